The van der Waals surface area contributed by atoms with Gasteiger partial charge in [-0.25, -0.2) is 0 Å². The Labute approximate surface area is 123 Å². The van der Waals surface area contributed by atoms with Crippen molar-refractivity contribution in [1.82, 2.24) is 0 Å². The molecule has 0 atom stereocenters. The molecule has 104 valence electrons. The number of hydrogen-bond donors (Lipinski definition) is 1. The number of non-ortho nitro benzene ring substituents is 1. The number of nitrogens with zero attached hydrogens (tertiary/aromatic N) is 1. The second-order valence-electron chi connectivity index (χ2n) is 3.92. The monoisotopic (exact) mass is 338 g/mol. The summed E-state index contributed by atoms with van der Waals surface area (Å²) in [5, 5.41) is 10.8. The molecular formula is C13H11BrN2O4. The number of halogens is 1. The maximum atomic E-state index is 10.8. The number of nitro benzene ring substituents is 1. The highest BCUT2D eigenvalue weighted by Crippen LogP contribution is 2.34. The van der Waals surface area contributed by atoms with Gasteiger partial charge in [0.2, 0.25) is 0 Å². The average Bonchev–Trinajstić information content (AvgIpc) is 2.40. The predicted molar refractivity (Wildman–Crippen MR) is 78.3 cm³/mol. The summed E-state index contributed by atoms with van der Waals surface area (Å²) in [4.78, 5) is 10.3. The lowest BCUT2D eigenvalue weighted by Crippen LogP contribution is -1.94. The zero-order valence-corrected chi connectivity index (χ0v) is 12.1. The number of methoxy groups -OCH3 is 1. The summed E-state index contributed by atoms with van der Waals surface area (Å²) in [6.07, 6.45) is 0. The molecule has 20 heavy (non-hydrogen) atoms. The summed E-state index contributed by atoms with van der Waals surface area (Å²) in [5.41, 5.74) is 5.76. The quantitative estimate of drug-likeness (QED) is 0.521. The molecule has 0 spiro atoms. The van der Waals surface area contributed by atoms with Crippen LogP contribution in [0.4, 0.5) is 11.4 Å². The van der Waals surface area contributed by atoms with E-state index in [9.17, 15) is 10.1 Å². The number of nitrogens with two attached hydrogens (primary N) is 1. The Hall–Kier alpha value is -2.28. The maximum absolute atomic E-state index is 10.8. The minimum atomic E-state index is -0.522. The lowest BCUT2D eigenvalue weighted by molar-refractivity contribution is -0.384. The number of nitrogen functional groups attached to an aromatic ring is 1. The average molecular weight is 339 g/mol. The van der Waals surface area contributed by atoms with Gasteiger partial charge in [-0.2, -0.15) is 0 Å². The molecule has 0 aliphatic rings. The van der Waals surface area contributed by atoms with Crippen molar-refractivity contribution in [2.24, 2.45) is 0 Å². The summed E-state index contributed by atoms with van der Waals surface area (Å²) in [6.45, 7) is 0. The number of nitro groups is 1. The molecule has 2 N–H and O–H groups in total. The van der Waals surface area contributed by atoms with Crippen LogP contribution in [0.25, 0.3) is 0 Å². The van der Waals surface area contributed by atoms with Gasteiger partial charge in [-0.05, 0) is 34.1 Å². The molecule has 7 heteroatoms. The number of anilines is 1. The number of ether oxygens (including phenoxy) is 2. The Morgan fingerprint density at radius 2 is 1.95 bits per heavy atom. The molecule has 0 radical (unpaired) electrons. The molecule has 0 amide bonds. The molecule has 2 aromatic carbocycles. The standard InChI is InChI=1S/C13H11BrN2O4/c1-19-10-2-3-13(12(14)7-10)20-11-5-8(15)4-9(6-11)16(17)18/h2-7H,15H2,1H3. The van der Waals surface area contributed by atoms with Crippen LogP contribution in [0.5, 0.6) is 17.2 Å². The molecule has 2 aromatic rings. The van der Waals surface area contributed by atoms with Crippen LogP contribution in [-0.4, -0.2) is 12.0 Å². The second kappa shape index (κ2) is 5.79. The van der Waals surface area contributed by atoms with Gasteiger partial charge in [0.05, 0.1) is 22.6 Å². The Morgan fingerprint density at radius 1 is 1.20 bits per heavy atom. The van der Waals surface area contributed by atoms with Gasteiger partial charge in [0.25, 0.3) is 5.69 Å². The first-order valence-electron chi connectivity index (χ1n) is 5.56. The van der Waals surface area contributed by atoms with Crippen molar-refractivity contribution in [2.75, 3.05) is 12.8 Å². The van der Waals surface area contributed by atoms with Crippen LogP contribution >= 0.6 is 15.9 Å². The predicted octanol–water partition coefficient (Wildman–Crippen LogP) is 3.74. The fraction of sp³-hybridized carbons (Fsp3) is 0.0769. The molecule has 0 saturated carbocycles. The molecule has 6 nitrogen and oxygen atoms in total. The molecule has 0 bridgehead atoms. The van der Waals surface area contributed by atoms with Gasteiger partial charge in [0.1, 0.15) is 17.2 Å². The first-order chi connectivity index (χ1) is 9.49. The van der Waals surface area contributed by atoms with Gasteiger partial charge < -0.3 is 15.2 Å². The minimum Gasteiger partial charge on any atom is -0.497 e. The van der Waals surface area contributed by atoms with Gasteiger partial charge in [-0.1, -0.05) is 0 Å². The third-order valence-corrected chi connectivity index (χ3v) is 3.11. The van der Waals surface area contributed by atoms with E-state index in [0.29, 0.717) is 21.7 Å². The third kappa shape index (κ3) is 3.18. The molecule has 0 saturated heterocycles. The van der Waals surface area contributed by atoms with Crippen molar-refractivity contribution in [3.8, 4) is 17.2 Å². The van der Waals surface area contributed by atoms with Crippen LogP contribution in [0, 0.1) is 10.1 Å². The van der Waals surface area contributed by atoms with Crippen molar-refractivity contribution in [2.45, 2.75) is 0 Å². The van der Waals surface area contributed by atoms with Gasteiger partial charge in [-0.15, -0.1) is 0 Å². The van der Waals surface area contributed by atoms with Crippen molar-refractivity contribution >= 4 is 27.3 Å². The van der Waals surface area contributed by atoms with E-state index < -0.39 is 4.92 Å². The maximum Gasteiger partial charge on any atom is 0.275 e. The van der Waals surface area contributed by atoms with Crippen molar-refractivity contribution in [1.29, 1.82) is 0 Å². The SMILES string of the molecule is COc1ccc(Oc2cc(N)cc([N+](=O)[O-])c2)c(Br)c1. The fourth-order valence-corrected chi connectivity index (χ4v) is 2.03. The van der Waals surface area contributed by atoms with E-state index in [-0.39, 0.29) is 11.4 Å². The lowest BCUT2D eigenvalue weighted by atomic mass is 10.2. The molecule has 2 rings (SSSR count). The Morgan fingerprint density at radius 3 is 2.55 bits per heavy atom. The van der Waals surface area contributed by atoms with Gasteiger partial charge in [0.15, 0.2) is 0 Å². The second-order valence-corrected chi connectivity index (χ2v) is 4.77. The lowest BCUT2D eigenvalue weighted by Gasteiger charge is -2.09. The first kappa shape index (κ1) is 14.1. The Bertz CT molecular complexity index is 661. The van der Waals surface area contributed by atoms with Crippen molar-refractivity contribution in [3.05, 3.63) is 51.0 Å². The highest BCUT2D eigenvalue weighted by atomic mass is 79.9. The van der Waals surface area contributed by atoms with E-state index in [0.717, 1.165) is 0 Å². The van der Waals surface area contributed by atoms with E-state index in [1.165, 1.54) is 18.2 Å². The van der Waals surface area contributed by atoms with Crippen molar-refractivity contribution < 1.29 is 14.4 Å². The van der Waals surface area contributed by atoms with Crippen molar-refractivity contribution in [3.63, 3.8) is 0 Å². The highest BCUT2D eigenvalue weighted by Gasteiger charge is 2.11. The number of benzene rings is 2. The van der Waals surface area contributed by atoms with E-state index in [1.807, 2.05) is 0 Å². The molecule has 0 unspecified atom stereocenters. The number of hydrogen-bond acceptors (Lipinski definition) is 5. The Balaban J connectivity index is 2.32. The van der Waals surface area contributed by atoms with Crippen LogP contribution in [0.15, 0.2) is 40.9 Å². The zero-order valence-electron chi connectivity index (χ0n) is 10.5. The zero-order chi connectivity index (χ0) is 14.7. The van der Waals surface area contributed by atoms with Crippen LogP contribution in [0.1, 0.15) is 0 Å². The molecule has 0 heterocycles. The third-order valence-electron chi connectivity index (χ3n) is 2.49. The fourth-order valence-electron chi connectivity index (χ4n) is 1.59. The summed E-state index contributed by atoms with van der Waals surface area (Å²) in [5.74, 6) is 1.47. The smallest absolute Gasteiger partial charge is 0.275 e. The number of rotatable bonds is 4. The van der Waals surface area contributed by atoms with Crippen LogP contribution in [-0.2, 0) is 0 Å². The first-order valence-corrected chi connectivity index (χ1v) is 6.35. The van der Waals surface area contributed by atoms with E-state index in [2.05, 4.69) is 15.9 Å². The van der Waals surface area contributed by atoms with E-state index >= 15 is 0 Å². The van der Waals surface area contributed by atoms with Gasteiger partial charge >= 0.3 is 0 Å². The molecular weight excluding hydrogens is 328 g/mol. The summed E-state index contributed by atoms with van der Waals surface area (Å²) < 4.78 is 11.3. The minimum absolute atomic E-state index is 0.121. The molecule has 0 aliphatic heterocycles. The van der Waals surface area contributed by atoms with E-state index in [1.54, 1.807) is 25.3 Å². The van der Waals surface area contributed by atoms with Crippen LogP contribution < -0.4 is 15.2 Å². The molecule has 0 fully saturated rings. The molecule has 0 aliphatic carbocycles. The Kier molecular flexibility index (Phi) is 4.09. The summed E-state index contributed by atoms with van der Waals surface area (Å²) >= 11 is 3.34. The van der Waals surface area contributed by atoms with Crippen LogP contribution in [0.2, 0.25) is 0 Å². The normalized spacial score (nSPS) is 10.1. The van der Waals surface area contributed by atoms with Crippen LogP contribution in [0.3, 0.4) is 0 Å². The largest absolute Gasteiger partial charge is 0.497 e. The van der Waals surface area contributed by atoms with E-state index in [4.69, 9.17) is 15.2 Å². The molecule has 0 aromatic heterocycles. The highest BCUT2D eigenvalue weighted by molar-refractivity contribution is 9.10. The summed E-state index contributed by atoms with van der Waals surface area (Å²) in [6, 6.07) is 9.25. The van der Waals surface area contributed by atoms with Gasteiger partial charge in [-0.3, -0.25) is 10.1 Å². The van der Waals surface area contributed by atoms with Gasteiger partial charge in [0, 0.05) is 17.8 Å². The summed E-state index contributed by atoms with van der Waals surface area (Å²) in [7, 11) is 1.56. The topological polar surface area (TPSA) is 87.6 Å².